The predicted octanol–water partition coefficient (Wildman–Crippen LogP) is 2.62. The third kappa shape index (κ3) is 3.61. The molecule has 1 unspecified atom stereocenters. The van der Waals surface area contributed by atoms with Crippen LogP contribution in [0.25, 0.3) is 0 Å². The third-order valence-corrected chi connectivity index (χ3v) is 3.92. The Hall–Kier alpha value is -0.770. The zero-order chi connectivity index (χ0) is 13.0. The van der Waals surface area contributed by atoms with Gasteiger partial charge in [0, 0.05) is 12.6 Å². The average molecular weight is 269 g/mol. The molecule has 3 nitrogen and oxygen atoms in total. The monoisotopic (exact) mass is 268 g/mol. The summed E-state index contributed by atoms with van der Waals surface area (Å²) in [5.74, 6) is 0.154. The predicted molar refractivity (Wildman–Crippen MR) is 75.1 cm³/mol. The average Bonchev–Trinajstić information content (AvgIpc) is 2.62. The first-order chi connectivity index (χ1) is 8.66. The van der Waals surface area contributed by atoms with Crippen LogP contribution in [0.15, 0.2) is 18.2 Å². The maximum absolute atomic E-state index is 9.41. The van der Waals surface area contributed by atoms with Crippen LogP contribution >= 0.6 is 11.6 Å². The first kappa shape index (κ1) is 13.7. The summed E-state index contributed by atoms with van der Waals surface area (Å²) in [5.41, 5.74) is 1.15. The number of aromatic hydroxyl groups is 1. The molecule has 1 fully saturated rings. The van der Waals surface area contributed by atoms with Crippen molar-refractivity contribution in [2.75, 3.05) is 20.1 Å². The first-order valence-electron chi connectivity index (χ1n) is 6.55. The fraction of sp³-hybridized carbons (Fsp3) is 0.571. The van der Waals surface area contributed by atoms with E-state index in [4.69, 9.17) is 11.6 Å². The first-order valence-corrected chi connectivity index (χ1v) is 6.93. The van der Waals surface area contributed by atoms with Crippen LogP contribution in [0.1, 0.15) is 24.8 Å². The number of hydrogen-bond donors (Lipinski definition) is 2. The topological polar surface area (TPSA) is 35.5 Å². The van der Waals surface area contributed by atoms with Gasteiger partial charge in [0.15, 0.2) is 0 Å². The molecule has 1 aromatic rings. The molecule has 4 heteroatoms. The van der Waals surface area contributed by atoms with Crippen LogP contribution in [0.4, 0.5) is 0 Å². The van der Waals surface area contributed by atoms with E-state index in [1.165, 1.54) is 19.3 Å². The van der Waals surface area contributed by atoms with Gasteiger partial charge in [-0.2, -0.15) is 0 Å². The van der Waals surface area contributed by atoms with Gasteiger partial charge < -0.3 is 10.4 Å². The Kier molecular flexibility index (Phi) is 4.87. The van der Waals surface area contributed by atoms with Crippen molar-refractivity contribution in [1.29, 1.82) is 0 Å². The highest BCUT2D eigenvalue weighted by Crippen LogP contribution is 2.25. The van der Waals surface area contributed by atoms with Gasteiger partial charge in [-0.3, -0.25) is 4.90 Å². The number of phenols is 1. The molecule has 18 heavy (non-hydrogen) atoms. The van der Waals surface area contributed by atoms with E-state index in [0.717, 1.165) is 25.2 Å². The second kappa shape index (κ2) is 6.41. The molecule has 1 atom stereocenters. The Balaban J connectivity index is 1.96. The molecular formula is C14H21ClN2O. The lowest BCUT2D eigenvalue weighted by Gasteiger charge is -2.27. The molecule has 1 saturated heterocycles. The number of halogens is 1. The lowest BCUT2D eigenvalue weighted by atomic mass is 10.1. The van der Waals surface area contributed by atoms with Crippen molar-refractivity contribution in [3.05, 3.63) is 28.8 Å². The van der Waals surface area contributed by atoms with Crippen LogP contribution in [0.3, 0.4) is 0 Å². The maximum atomic E-state index is 9.41. The molecular weight excluding hydrogens is 248 g/mol. The summed E-state index contributed by atoms with van der Waals surface area (Å²) in [4.78, 5) is 2.38. The van der Waals surface area contributed by atoms with E-state index in [0.29, 0.717) is 11.1 Å². The molecule has 0 aromatic heterocycles. The minimum atomic E-state index is 0.154. The van der Waals surface area contributed by atoms with E-state index in [-0.39, 0.29) is 5.75 Å². The highest BCUT2D eigenvalue weighted by molar-refractivity contribution is 6.32. The smallest absolute Gasteiger partial charge is 0.134 e. The second-order valence-electron chi connectivity index (χ2n) is 5.04. The lowest BCUT2D eigenvalue weighted by molar-refractivity contribution is 0.216. The van der Waals surface area contributed by atoms with Gasteiger partial charge in [0.2, 0.25) is 0 Å². The summed E-state index contributed by atoms with van der Waals surface area (Å²) in [6.45, 7) is 3.12. The lowest BCUT2D eigenvalue weighted by Crippen LogP contribution is -2.31. The summed E-state index contributed by atoms with van der Waals surface area (Å²) in [6.07, 6.45) is 3.68. The normalized spacial score (nSPS) is 20.9. The Morgan fingerprint density at radius 3 is 3.00 bits per heavy atom. The largest absolute Gasteiger partial charge is 0.506 e. The Bertz CT molecular complexity index is 389. The Morgan fingerprint density at radius 2 is 2.22 bits per heavy atom. The maximum Gasteiger partial charge on any atom is 0.134 e. The van der Waals surface area contributed by atoms with Gasteiger partial charge in [-0.15, -0.1) is 0 Å². The van der Waals surface area contributed by atoms with E-state index < -0.39 is 0 Å². The standard InChI is InChI=1S/C14H21ClN2O/c1-17(12-3-2-7-16-8-6-12)10-11-4-5-14(18)13(15)9-11/h4-5,9,12,16,18H,2-3,6-8,10H2,1H3. The van der Waals surface area contributed by atoms with Crippen molar-refractivity contribution in [2.24, 2.45) is 0 Å². The summed E-state index contributed by atoms with van der Waals surface area (Å²) < 4.78 is 0. The number of nitrogens with one attached hydrogen (secondary N) is 1. The second-order valence-corrected chi connectivity index (χ2v) is 5.44. The molecule has 2 rings (SSSR count). The molecule has 0 aliphatic carbocycles. The Labute approximate surface area is 114 Å². The zero-order valence-corrected chi connectivity index (χ0v) is 11.6. The fourth-order valence-corrected chi connectivity index (χ4v) is 2.71. The zero-order valence-electron chi connectivity index (χ0n) is 10.8. The number of hydrogen-bond acceptors (Lipinski definition) is 3. The molecule has 0 radical (unpaired) electrons. The van der Waals surface area contributed by atoms with E-state index in [1.54, 1.807) is 6.07 Å². The van der Waals surface area contributed by atoms with Crippen molar-refractivity contribution < 1.29 is 5.11 Å². The molecule has 1 aliphatic rings. The van der Waals surface area contributed by atoms with Crippen LogP contribution < -0.4 is 5.32 Å². The number of rotatable bonds is 3. The third-order valence-electron chi connectivity index (χ3n) is 3.61. The van der Waals surface area contributed by atoms with E-state index in [1.807, 2.05) is 12.1 Å². The number of phenolic OH excluding ortho intramolecular Hbond substituents is 1. The highest BCUT2D eigenvalue weighted by Gasteiger charge is 2.16. The van der Waals surface area contributed by atoms with Gasteiger partial charge in [0.1, 0.15) is 5.75 Å². The molecule has 2 N–H and O–H groups in total. The SMILES string of the molecule is CN(Cc1ccc(O)c(Cl)c1)C1CCCNCC1. The van der Waals surface area contributed by atoms with Gasteiger partial charge in [-0.1, -0.05) is 17.7 Å². The number of nitrogens with zero attached hydrogens (tertiary/aromatic N) is 1. The van der Waals surface area contributed by atoms with Crippen LogP contribution in [0.5, 0.6) is 5.75 Å². The van der Waals surface area contributed by atoms with Crippen molar-refractivity contribution >= 4 is 11.6 Å². The van der Waals surface area contributed by atoms with E-state index in [2.05, 4.69) is 17.3 Å². The summed E-state index contributed by atoms with van der Waals surface area (Å²) in [6, 6.07) is 6.09. The summed E-state index contributed by atoms with van der Waals surface area (Å²) in [5, 5.41) is 13.3. The van der Waals surface area contributed by atoms with E-state index >= 15 is 0 Å². The van der Waals surface area contributed by atoms with Crippen LogP contribution in [0, 0.1) is 0 Å². The van der Waals surface area contributed by atoms with Gasteiger partial charge in [0.05, 0.1) is 5.02 Å². The quantitative estimate of drug-likeness (QED) is 0.885. The minimum Gasteiger partial charge on any atom is -0.506 e. The van der Waals surface area contributed by atoms with Gasteiger partial charge >= 0.3 is 0 Å². The van der Waals surface area contributed by atoms with Crippen molar-refractivity contribution in [3.8, 4) is 5.75 Å². The molecule has 0 saturated carbocycles. The summed E-state index contributed by atoms with van der Waals surface area (Å²) in [7, 11) is 2.16. The molecule has 0 amide bonds. The minimum absolute atomic E-state index is 0.154. The fourth-order valence-electron chi connectivity index (χ4n) is 2.51. The van der Waals surface area contributed by atoms with Crippen molar-refractivity contribution in [1.82, 2.24) is 10.2 Å². The van der Waals surface area contributed by atoms with Crippen molar-refractivity contribution in [2.45, 2.75) is 31.8 Å². The van der Waals surface area contributed by atoms with Crippen molar-refractivity contribution in [3.63, 3.8) is 0 Å². The Morgan fingerprint density at radius 1 is 1.39 bits per heavy atom. The summed E-state index contributed by atoms with van der Waals surface area (Å²) >= 11 is 5.93. The van der Waals surface area contributed by atoms with Crippen LogP contribution in [-0.4, -0.2) is 36.2 Å². The number of benzene rings is 1. The van der Waals surface area contributed by atoms with Gasteiger partial charge in [0.25, 0.3) is 0 Å². The van der Waals surface area contributed by atoms with E-state index in [9.17, 15) is 5.11 Å². The molecule has 1 heterocycles. The van der Waals surface area contributed by atoms with Crippen LogP contribution in [-0.2, 0) is 6.54 Å². The molecule has 1 aromatic carbocycles. The molecule has 1 aliphatic heterocycles. The molecule has 0 spiro atoms. The molecule has 0 bridgehead atoms. The molecule has 100 valence electrons. The van der Waals surface area contributed by atoms with Gasteiger partial charge in [-0.05, 0) is 57.1 Å². The van der Waals surface area contributed by atoms with Gasteiger partial charge in [-0.25, -0.2) is 0 Å². The van der Waals surface area contributed by atoms with Crippen LogP contribution in [0.2, 0.25) is 5.02 Å². The highest BCUT2D eigenvalue weighted by atomic mass is 35.5.